The summed E-state index contributed by atoms with van der Waals surface area (Å²) in [6.45, 7) is 5.12. The van der Waals surface area contributed by atoms with Gasteiger partial charge in [0.1, 0.15) is 0 Å². The number of amides is 1. The number of nitrogens with one attached hydrogen (secondary N) is 1. The van der Waals surface area contributed by atoms with Crippen LogP contribution in [0.25, 0.3) is 0 Å². The van der Waals surface area contributed by atoms with Gasteiger partial charge in [-0.25, -0.2) is 0 Å². The number of nitrogens with zero attached hydrogens (tertiary/aromatic N) is 1. The molecule has 0 bridgehead atoms. The van der Waals surface area contributed by atoms with E-state index in [9.17, 15) is 4.79 Å². The van der Waals surface area contributed by atoms with Crippen LogP contribution in [-0.2, 0) is 11.3 Å². The molecule has 0 aliphatic carbocycles. The summed E-state index contributed by atoms with van der Waals surface area (Å²) in [6.07, 6.45) is 1.03. The first-order valence-electron chi connectivity index (χ1n) is 6.36. The quantitative estimate of drug-likeness (QED) is 0.808. The molecule has 4 nitrogen and oxygen atoms in total. The Morgan fingerprint density at radius 2 is 2.22 bits per heavy atom. The fourth-order valence-corrected chi connectivity index (χ4v) is 1.67. The van der Waals surface area contributed by atoms with Crippen LogP contribution in [0.1, 0.15) is 25.8 Å². The maximum atomic E-state index is 11.9. The highest BCUT2D eigenvalue weighted by Crippen LogP contribution is 2.10. The van der Waals surface area contributed by atoms with Gasteiger partial charge < -0.3 is 11.1 Å². The number of likely N-dealkylation sites (N-methyl/N-ethyl adjacent to an activating group) is 1. The Hall–Kier alpha value is -1.39. The van der Waals surface area contributed by atoms with Crippen LogP contribution in [0.4, 0.5) is 5.69 Å². The molecule has 3 N–H and O–H groups in total. The number of hydrogen-bond donors (Lipinski definition) is 2. The molecule has 1 aromatic rings. The van der Waals surface area contributed by atoms with Crippen LogP contribution in [0.3, 0.4) is 0 Å². The molecule has 0 radical (unpaired) electrons. The minimum atomic E-state index is 0.00646. The summed E-state index contributed by atoms with van der Waals surface area (Å²) in [4.78, 5) is 13.9. The normalized spacial score (nSPS) is 12.5. The highest BCUT2D eigenvalue weighted by atomic mass is 16.2. The van der Waals surface area contributed by atoms with Crippen molar-refractivity contribution in [1.82, 2.24) is 4.90 Å². The largest absolute Gasteiger partial charge is 0.326 e. The molecule has 1 rings (SSSR count). The van der Waals surface area contributed by atoms with Crippen LogP contribution in [0.5, 0.6) is 0 Å². The number of hydrogen-bond acceptors (Lipinski definition) is 3. The van der Waals surface area contributed by atoms with E-state index >= 15 is 0 Å². The first-order chi connectivity index (χ1) is 8.56. The Balaban J connectivity index is 2.53. The zero-order valence-corrected chi connectivity index (χ0v) is 11.4. The number of benzene rings is 1. The maximum Gasteiger partial charge on any atom is 0.238 e. The van der Waals surface area contributed by atoms with Gasteiger partial charge in [-0.15, -0.1) is 0 Å². The highest BCUT2D eigenvalue weighted by Gasteiger charge is 2.11. The molecule has 0 fully saturated rings. The molecule has 0 aliphatic rings. The fourth-order valence-electron chi connectivity index (χ4n) is 1.67. The number of nitrogens with two attached hydrogens (primary N) is 1. The Kier molecular flexibility index (Phi) is 5.82. The molecule has 0 aromatic heterocycles. The molecule has 1 amide bonds. The topological polar surface area (TPSA) is 58.4 Å². The number of carbonyl (C=O) groups excluding carboxylic acids is 1. The van der Waals surface area contributed by atoms with Crippen molar-refractivity contribution in [2.75, 3.05) is 18.9 Å². The Morgan fingerprint density at radius 1 is 1.50 bits per heavy atom. The average Bonchev–Trinajstić information content (AvgIpc) is 2.37. The molecule has 0 heterocycles. The lowest BCUT2D eigenvalue weighted by Gasteiger charge is -2.22. The van der Waals surface area contributed by atoms with E-state index in [2.05, 4.69) is 19.2 Å². The third-order valence-electron chi connectivity index (χ3n) is 3.18. The molecular weight excluding hydrogens is 226 g/mol. The van der Waals surface area contributed by atoms with E-state index in [1.54, 1.807) is 0 Å². The zero-order valence-electron chi connectivity index (χ0n) is 11.4. The predicted octanol–water partition coefficient (Wildman–Crippen LogP) is 1.81. The predicted molar refractivity (Wildman–Crippen MR) is 75.3 cm³/mol. The summed E-state index contributed by atoms with van der Waals surface area (Å²) < 4.78 is 0. The summed E-state index contributed by atoms with van der Waals surface area (Å²) in [5.41, 5.74) is 7.39. The minimum absolute atomic E-state index is 0.00646. The Bertz CT molecular complexity index is 392. The van der Waals surface area contributed by atoms with Gasteiger partial charge in [-0.05, 0) is 38.1 Å². The third-order valence-corrected chi connectivity index (χ3v) is 3.18. The van der Waals surface area contributed by atoms with Gasteiger partial charge in [-0.3, -0.25) is 9.69 Å². The number of carbonyl (C=O) groups is 1. The van der Waals surface area contributed by atoms with Gasteiger partial charge in [0.2, 0.25) is 5.91 Å². The highest BCUT2D eigenvalue weighted by molar-refractivity contribution is 5.92. The smallest absolute Gasteiger partial charge is 0.238 e. The van der Waals surface area contributed by atoms with E-state index in [1.165, 1.54) is 0 Å². The van der Waals surface area contributed by atoms with Crippen molar-refractivity contribution in [1.29, 1.82) is 0 Å². The second kappa shape index (κ2) is 7.13. The molecule has 1 unspecified atom stereocenters. The molecule has 0 spiro atoms. The molecule has 18 heavy (non-hydrogen) atoms. The van der Waals surface area contributed by atoms with E-state index in [-0.39, 0.29) is 5.91 Å². The Morgan fingerprint density at radius 3 is 2.83 bits per heavy atom. The van der Waals surface area contributed by atoms with Gasteiger partial charge in [0.05, 0.1) is 6.54 Å². The standard InChI is InChI=1S/C14H23N3O/c1-4-11(2)17(3)10-14(18)16-13-7-5-6-12(8-13)9-15/h5-8,11H,4,9-10,15H2,1-3H3,(H,16,18). The minimum Gasteiger partial charge on any atom is -0.326 e. The molecule has 0 saturated heterocycles. The SMILES string of the molecule is CCC(C)N(C)CC(=O)Nc1cccc(CN)c1. The van der Waals surface area contributed by atoms with E-state index in [1.807, 2.05) is 36.2 Å². The Labute approximate surface area is 109 Å². The van der Waals surface area contributed by atoms with Crippen molar-refractivity contribution >= 4 is 11.6 Å². The third kappa shape index (κ3) is 4.47. The second-order valence-corrected chi connectivity index (χ2v) is 4.63. The van der Waals surface area contributed by atoms with Gasteiger partial charge in [-0.1, -0.05) is 19.1 Å². The molecular formula is C14H23N3O. The summed E-state index contributed by atoms with van der Waals surface area (Å²) in [7, 11) is 1.96. The van der Waals surface area contributed by atoms with Crippen molar-refractivity contribution in [3.05, 3.63) is 29.8 Å². The van der Waals surface area contributed by atoms with Crippen LogP contribution in [0, 0.1) is 0 Å². The van der Waals surface area contributed by atoms with E-state index in [4.69, 9.17) is 5.73 Å². The molecule has 1 aromatic carbocycles. The van der Waals surface area contributed by atoms with Crippen molar-refractivity contribution in [2.45, 2.75) is 32.9 Å². The van der Waals surface area contributed by atoms with E-state index < -0.39 is 0 Å². The van der Waals surface area contributed by atoms with Gasteiger partial charge in [0, 0.05) is 18.3 Å². The van der Waals surface area contributed by atoms with Gasteiger partial charge in [0.15, 0.2) is 0 Å². The lowest BCUT2D eigenvalue weighted by molar-refractivity contribution is -0.117. The van der Waals surface area contributed by atoms with Crippen molar-refractivity contribution in [3.8, 4) is 0 Å². The van der Waals surface area contributed by atoms with Crippen molar-refractivity contribution in [2.24, 2.45) is 5.73 Å². The summed E-state index contributed by atoms with van der Waals surface area (Å²) in [6, 6.07) is 8.03. The van der Waals surface area contributed by atoms with E-state index in [0.29, 0.717) is 19.1 Å². The molecule has 1 atom stereocenters. The van der Waals surface area contributed by atoms with Crippen LogP contribution in [-0.4, -0.2) is 30.4 Å². The summed E-state index contributed by atoms with van der Waals surface area (Å²) >= 11 is 0. The van der Waals surface area contributed by atoms with Crippen LogP contribution >= 0.6 is 0 Å². The van der Waals surface area contributed by atoms with Crippen LogP contribution in [0.2, 0.25) is 0 Å². The van der Waals surface area contributed by atoms with Crippen LogP contribution in [0.15, 0.2) is 24.3 Å². The van der Waals surface area contributed by atoms with Crippen molar-refractivity contribution < 1.29 is 4.79 Å². The zero-order chi connectivity index (χ0) is 13.5. The van der Waals surface area contributed by atoms with Crippen molar-refractivity contribution in [3.63, 3.8) is 0 Å². The lowest BCUT2D eigenvalue weighted by Crippen LogP contribution is -2.36. The second-order valence-electron chi connectivity index (χ2n) is 4.63. The first kappa shape index (κ1) is 14.7. The van der Waals surface area contributed by atoms with Gasteiger partial charge in [0.25, 0.3) is 0 Å². The molecule has 0 aliphatic heterocycles. The summed E-state index contributed by atoms with van der Waals surface area (Å²) in [5.74, 6) is 0.00646. The fraction of sp³-hybridized carbons (Fsp3) is 0.500. The molecule has 4 heteroatoms. The van der Waals surface area contributed by atoms with Gasteiger partial charge >= 0.3 is 0 Å². The molecule has 0 saturated carbocycles. The maximum absolute atomic E-state index is 11.9. The number of anilines is 1. The average molecular weight is 249 g/mol. The van der Waals surface area contributed by atoms with Crippen LogP contribution < -0.4 is 11.1 Å². The molecule has 100 valence electrons. The monoisotopic (exact) mass is 249 g/mol. The van der Waals surface area contributed by atoms with Gasteiger partial charge in [-0.2, -0.15) is 0 Å². The van der Waals surface area contributed by atoms with E-state index in [0.717, 1.165) is 17.7 Å². The summed E-state index contributed by atoms with van der Waals surface area (Å²) in [5, 5.41) is 2.89. The number of rotatable bonds is 6. The lowest BCUT2D eigenvalue weighted by atomic mass is 10.2. The first-order valence-corrected chi connectivity index (χ1v) is 6.36.